The van der Waals surface area contributed by atoms with Crippen molar-refractivity contribution in [2.24, 2.45) is 0 Å². The van der Waals surface area contributed by atoms with E-state index in [-0.39, 0.29) is 5.78 Å². The number of carbonyl (C=O) groups is 1. The van der Waals surface area contributed by atoms with Gasteiger partial charge in [-0.15, -0.1) is 0 Å². The molecule has 7 heteroatoms. The van der Waals surface area contributed by atoms with Crippen molar-refractivity contribution in [3.8, 4) is 16.9 Å². The number of thiazole rings is 1. The minimum atomic E-state index is -0.696. The zero-order valence-corrected chi connectivity index (χ0v) is 23.0. The number of ketones is 1. The first-order chi connectivity index (χ1) is 17.7. The van der Waals surface area contributed by atoms with Gasteiger partial charge in [0.05, 0.1) is 27.9 Å². The van der Waals surface area contributed by atoms with Crippen molar-refractivity contribution in [3.05, 3.63) is 47.2 Å². The number of ether oxygens (including phenoxy) is 2. The van der Waals surface area contributed by atoms with E-state index < -0.39 is 11.7 Å². The van der Waals surface area contributed by atoms with Gasteiger partial charge < -0.3 is 14.4 Å². The summed E-state index contributed by atoms with van der Waals surface area (Å²) in [5, 5.41) is 2.10. The van der Waals surface area contributed by atoms with Crippen molar-refractivity contribution in [1.29, 1.82) is 0 Å². The van der Waals surface area contributed by atoms with Crippen molar-refractivity contribution in [2.75, 3.05) is 24.6 Å². The summed E-state index contributed by atoms with van der Waals surface area (Å²) in [4.78, 5) is 25.5. The molecule has 6 nitrogen and oxygen atoms in total. The molecular weight excluding hydrogens is 482 g/mol. The highest BCUT2D eigenvalue weighted by molar-refractivity contribution is 7.22. The minimum absolute atomic E-state index is 0.0121. The van der Waals surface area contributed by atoms with E-state index in [9.17, 15) is 4.79 Å². The Labute approximate surface area is 221 Å². The summed E-state index contributed by atoms with van der Waals surface area (Å²) in [7, 11) is 0. The van der Waals surface area contributed by atoms with Crippen LogP contribution in [0.1, 0.15) is 63.3 Å². The van der Waals surface area contributed by atoms with E-state index in [1.807, 2.05) is 27.0 Å². The quantitative estimate of drug-likeness (QED) is 0.291. The highest BCUT2D eigenvalue weighted by atomic mass is 32.1. The van der Waals surface area contributed by atoms with E-state index in [2.05, 4.69) is 36.1 Å². The summed E-state index contributed by atoms with van der Waals surface area (Å²) in [6.45, 7) is 12.4. The summed E-state index contributed by atoms with van der Waals surface area (Å²) >= 11 is 1.71. The number of hydrogen-bond acceptors (Lipinski definition) is 7. The second-order valence-electron chi connectivity index (χ2n) is 11.1. The van der Waals surface area contributed by atoms with E-state index in [1.54, 1.807) is 18.3 Å². The fourth-order valence-electron chi connectivity index (χ4n) is 5.65. The Bertz CT molecular complexity index is 1520. The van der Waals surface area contributed by atoms with Crippen molar-refractivity contribution in [3.63, 3.8) is 0 Å². The van der Waals surface area contributed by atoms with Crippen molar-refractivity contribution < 1.29 is 14.3 Å². The second kappa shape index (κ2) is 9.07. The van der Waals surface area contributed by atoms with Crippen LogP contribution in [0.5, 0.6) is 5.75 Å². The minimum Gasteiger partial charge on any atom is -0.493 e. The molecule has 0 radical (unpaired) electrons. The predicted molar refractivity (Wildman–Crippen MR) is 150 cm³/mol. The van der Waals surface area contributed by atoms with E-state index in [4.69, 9.17) is 19.4 Å². The van der Waals surface area contributed by atoms with E-state index >= 15 is 0 Å². The number of Topliss-reactive ketones (excluding diaryl/α,β-unsaturated/α-hetero) is 1. The molecular formula is C30H33N3O3S. The van der Waals surface area contributed by atoms with Crippen molar-refractivity contribution >= 4 is 43.4 Å². The lowest BCUT2D eigenvalue weighted by Gasteiger charge is -2.29. The van der Waals surface area contributed by atoms with Gasteiger partial charge in [0.2, 0.25) is 0 Å². The maximum Gasteiger partial charge on any atom is 0.186 e. The van der Waals surface area contributed by atoms with Crippen LogP contribution in [-0.2, 0) is 16.0 Å². The van der Waals surface area contributed by atoms with Gasteiger partial charge in [-0.25, -0.2) is 4.98 Å². The maximum atomic E-state index is 13.2. The number of carbonyl (C=O) groups excluding carboxylic acids is 1. The van der Waals surface area contributed by atoms with Crippen molar-refractivity contribution in [1.82, 2.24) is 9.97 Å². The number of aryl methyl sites for hydroxylation is 1. The molecule has 4 heterocycles. The van der Waals surface area contributed by atoms with Gasteiger partial charge >= 0.3 is 0 Å². The Balaban J connectivity index is 1.69. The van der Waals surface area contributed by atoms with Crippen LogP contribution in [-0.4, -0.2) is 41.0 Å². The normalized spacial score (nSPS) is 16.4. The SMILES string of the molecule is CC(=O)[C@@H](OC(C)(C)C)c1c(C)cc2nc(N3CCCC3)sc2c1-c1ccc2c3c(ccnc13)CCO2. The van der Waals surface area contributed by atoms with Crippen LogP contribution in [0.3, 0.4) is 0 Å². The van der Waals surface area contributed by atoms with E-state index in [1.165, 1.54) is 18.4 Å². The third-order valence-electron chi connectivity index (χ3n) is 7.23. The largest absolute Gasteiger partial charge is 0.493 e. The van der Waals surface area contributed by atoms with Crippen LogP contribution in [0.15, 0.2) is 30.5 Å². The van der Waals surface area contributed by atoms with Gasteiger partial charge in [-0.2, -0.15) is 0 Å². The van der Waals surface area contributed by atoms with Crippen molar-refractivity contribution in [2.45, 2.75) is 65.6 Å². The van der Waals surface area contributed by atoms with Gasteiger partial charge in [0.1, 0.15) is 11.9 Å². The molecule has 2 aliphatic heterocycles. The molecule has 0 aliphatic carbocycles. The standard InChI is InChI=1S/C30H33N3O3S/c1-17-16-21-28(37-29(32-21)33-13-6-7-14-33)25(23(17)27(18(2)34)36-30(3,4)5)20-8-9-22-24-19(11-15-35-22)10-12-31-26(20)24/h8-10,12,16,27H,6-7,11,13-15H2,1-5H3/t27-/m1/s1. The zero-order valence-electron chi connectivity index (χ0n) is 22.2. The molecule has 0 saturated carbocycles. The van der Waals surface area contributed by atoms with Crippen LogP contribution in [0, 0.1) is 6.92 Å². The fraction of sp³-hybridized carbons (Fsp3) is 0.433. The summed E-state index contributed by atoms with van der Waals surface area (Å²) < 4.78 is 13.5. The van der Waals surface area contributed by atoms with Gasteiger partial charge in [-0.3, -0.25) is 9.78 Å². The number of rotatable bonds is 5. The molecule has 0 amide bonds. The summed E-state index contributed by atoms with van der Waals surface area (Å²) in [5.41, 5.74) is 6.52. The molecule has 0 spiro atoms. The lowest BCUT2D eigenvalue weighted by molar-refractivity contribution is -0.138. The number of benzene rings is 2. The number of nitrogens with zero attached hydrogens (tertiary/aromatic N) is 3. The summed E-state index contributed by atoms with van der Waals surface area (Å²) in [5.74, 6) is 0.858. The number of anilines is 1. The Hall–Kier alpha value is -3.03. The average molecular weight is 516 g/mol. The van der Waals surface area contributed by atoms with Gasteiger partial charge in [0.15, 0.2) is 10.9 Å². The Kier molecular flexibility index (Phi) is 5.96. The lowest BCUT2D eigenvalue weighted by atomic mass is 9.88. The van der Waals surface area contributed by atoms with Crippen LogP contribution in [0.25, 0.3) is 32.2 Å². The fourth-order valence-corrected chi connectivity index (χ4v) is 6.82. The third-order valence-corrected chi connectivity index (χ3v) is 8.38. The van der Waals surface area contributed by atoms with Crippen LogP contribution >= 0.6 is 11.3 Å². The van der Waals surface area contributed by atoms with Gasteiger partial charge in [0.25, 0.3) is 0 Å². The predicted octanol–water partition coefficient (Wildman–Crippen LogP) is 6.80. The molecule has 0 bridgehead atoms. The first-order valence-corrected chi connectivity index (χ1v) is 13.9. The van der Waals surface area contributed by atoms with E-state index in [0.29, 0.717) is 6.61 Å². The Morgan fingerprint density at radius 2 is 1.97 bits per heavy atom. The van der Waals surface area contributed by atoms with Gasteiger partial charge in [-0.1, -0.05) is 11.3 Å². The maximum absolute atomic E-state index is 13.2. The Morgan fingerprint density at radius 3 is 2.70 bits per heavy atom. The molecule has 2 aliphatic rings. The number of fused-ring (bicyclic) bond motifs is 1. The molecule has 192 valence electrons. The molecule has 1 atom stereocenters. The van der Waals surface area contributed by atoms with Crippen LogP contribution < -0.4 is 9.64 Å². The topological polar surface area (TPSA) is 64.5 Å². The molecule has 0 unspecified atom stereocenters. The summed E-state index contributed by atoms with van der Waals surface area (Å²) in [6.07, 6.45) is 4.43. The Morgan fingerprint density at radius 1 is 1.19 bits per heavy atom. The first kappa shape index (κ1) is 24.3. The second-order valence-corrected chi connectivity index (χ2v) is 12.1. The number of aromatic nitrogens is 2. The molecule has 1 saturated heterocycles. The average Bonchev–Trinajstić information content (AvgIpc) is 3.52. The molecule has 2 aromatic heterocycles. The highest BCUT2D eigenvalue weighted by Gasteiger charge is 2.32. The molecule has 0 N–H and O–H groups in total. The van der Waals surface area contributed by atoms with Crippen LogP contribution in [0.4, 0.5) is 5.13 Å². The smallest absolute Gasteiger partial charge is 0.186 e. The zero-order chi connectivity index (χ0) is 25.9. The van der Waals surface area contributed by atoms with E-state index in [0.717, 1.165) is 73.8 Å². The lowest BCUT2D eigenvalue weighted by Crippen LogP contribution is -2.27. The first-order valence-electron chi connectivity index (χ1n) is 13.1. The third kappa shape index (κ3) is 4.28. The molecule has 1 fully saturated rings. The van der Waals surface area contributed by atoms with Crippen LogP contribution in [0.2, 0.25) is 0 Å². The molecule has 4 aromatic rings. The molecule has 2 aromatic carbocycles. The highest BCUT2D eigenvalue weighted by Crippen LogP contribution is 2.47. The monoisotopic (exact) mass is 515 g/mol. The van der Waals surface area contributed by atoms with Gasteiger partial charge in [-0.05, 0) is 82.9 Å². The van der Waals surface area contributed by atoms with Gasteiger partial charge in [0, 0.05) is 47.8 Å². The molecule has 6 rings (SSSR count). The molecule has 37 heavy (non-hydrogen) atoms. The number of hydrogen-bond donors (Lipinski definition) is 0. The number of pyridine rings is 1. The summed E-state index contributed by atoms with van der Waals surface area (Å²) in [6, 6.07) is 8.36.